The maximum atomic E-state index is 9.63. The van der Waals surface area contributed by atoms with Gasteiger partial charge in [-0.1, -0.05) is 0 Å². The largest absolute Gasteiger partial charge is 0.791 e. The van der Waals surface area contributed by atoms with E-state index < -0.39 is 12.0 Å². The third-order valence-corrected chi connectivity index (χ3v) is 0.841. The fourth-order valence-electron chi connectivity index (χ4n) is 0.0680. The van der Waals surface area contributed by atoms with Crippen LogP contribution in [0.25, 0.3) is 0 Å². The van der Waals surface area contributed by atoms with E-state index in [0.717, 1.165) is 0 Å². The van der Waals surface area contributed by atoms with E-state index >= 15 is 0 Å². The highest BCUT2D eigenvalue weighted by Gasteiger charge is 1.89. The van der Waals surface area contributed by atoms with Gasteiger partial charge in [-0.2, -0.15) is 5.75 Å². The molecule has 0 aliphatic carbocycles. The molecule has 0 aliphatic rings. The summed E-state index contributed by atoms with van der Waals surface area (Å²) in [4.78, 5) is 9.63. The van der Waals surface area contributed by atoms with Crippen LogP contribution in [-0.4, -0.2) is 17.8 Å². The van der Waals surface area contributed by atoms with Gasteiger partial charge >= 0.3 is 0 Å². The van der Waals surface area contributed by atoms with E-state index in [2.05, 4.69) is 12.6 Å². The van der Waals surface area contributed by atoms with E-state index in [4.69, 9.17) is 5.73 Å². The Kier molecular flexibility index (Phi) is 2.78. The normalized spacial score (nSPS) is 13.4. The Morgan fingerprint density at radius 2 is 2.43 bits per heavy atom. The van der Waals surface area contributed by atoms with Crippen molar-refractivity contribution in [2.75, 3.05) is 5.75 Å². The summed E-state index contributed by atoms with van der Waals surface area (Å²) in [6, 6.07) is -0.977. The maximum absolute atomic E-state index is 9.63. The SMILES string of the molecule is N[C@H](C[S-])C(=O)[O-]. The van der Waals surface area contributed by atoms with Crippen molar-refractivity contribution in [1.29, 1.82) is 0 Å². The van der Waals surface area contributed by atoms with Crippen molar-refractivity contribution >= 4 is 18.6 Å². The third kappa shape index (κ3) is 2.47. The van der Waals surface area contributed by atoms with Crippen LogP contribution in [0.4, 0.5) is 0 Å². The number of nitrogens with two attached hydrogens (primary N) is 1. The average molecular weight is 119 g/mol. The molecule has 0 aromatic carbocycles. The van der Waals surface area contributed by atoms with Gasteiger partial charge in [-0.3, -0.25) is 0 Å². The van der Waals surface area contributed by atoms with Crippen LogP contribution in [0.5, 0.6) is 0 Å². The van der Waals surface area contributed by atoms with Crippen LogP contribution in [-0.2, 0) is 17.4 Å². The number of hydrogen-bond acceptors (Lipinski definition) is 4. The lowest BCUT2D eigenvalue weighted by Gasteiger charge is -2.14. The summed E-state index contributed by atoms with van der Waals surface area (Å²) < 4.78 is 0. The van der Waals surface area contributed by atoms with Crippen molar-refractivity contribution in [3.05, 3.63) is 0 Å². The quantitative estimate of drug-likeness (QED) is 0.412. The first-order valence-corrected chi connectivity index (χ1v) is 2.30. The molecule has 0 spiro atoms. The van der Waals surface area contributed by atoms with E-state index in [0.29, 0.717) is 0 Å². The molecule has 0 bridgehead atoms. The molecule has 0 aromatic heterocycles. The summed E-state index contributed by atoms with van der Waals surface area (Å²) in [5, 5.41) is 9.63. The first-order chi connectivity index (χ1) is 3.18. The summed E-state index contributed by atoms with van der Waals surface area (Å²) in [6.45, 7) is 0. The van der Waals surface area contributed by atoms with Crippen LogP contribution >= 0.6 is 0 Å². The highest BCUT2D eigenvalue weighted by molar-refractivity contribution is 7.58. The van der Waals surface area contributed by atoms with Crippen molar-refractivity contribution < 1.29 is 9.90 Å². The minimum absolute atomic E-state index is 0.0162. The van der Waals surface area contributed by atoms with Crippen LogP contribution in [0.1, 0.15) is 0 Å². The smallest absolute Gasteiger partial charge is 0.0562 e. The molecular weight excluding hydrogens is 114 g/mol. The number of carboxylic acid groups (broad SMARTS) is 1. The molecule has 0 aliphatic heterocycles. The Morgan fingerprint density at radius 3 is 2.43 bits per heavy atom. The van der Waals surface area contributed by atoms with E-state index in [9.17, 15) is 9.90 Å². The molecule has 42 valence electrons. The number of hydrogen-bond donors (Lipinski definition) is 1. The molecule has 2 N–H and O–H groups in total. The van der Waals surface area contributed by atoms with Crippen LogP contribution in [0.15, 0.2) is 0 Å². The highest BCUT2D eigenvalue weighted by atomic mass is 32.1. The van der Waals surface area contributed by atoms with Gasteiger partial charge in [0.05, 0.1) is 5.97 Å². The third-order valence-electron chi connectivity index (χ3n) is 0.482. The zero-order valence-corrected chi connectivity index (χ0v) is 4.40. The summed E-state index contributed by atoms with van der Waals surface area (Å²) in [5.74, 6) is -1.27. The monoisotopic (exact) mass is 119 g/mol. The fourth-order valence-corrected chi connectivity index (χ4v) is 0.204. The number of carbonyl (C=O) groups excluding carboxylic acids is 1. The lowest BCUT2D eigenvalue weighted by Crippen LogP contribution is -2.43. The second-order valence-electron chi connectivity index (χ2n) is 1.09. The summed E-state index contributed by atoms with van der Waals surface area (Å²) in [7, 11) is 0. The van der Waals surface area contributed by atoms with Gasteiger partial charge in [0, 0.05) is 6.04 Å². The predicted molar refractivity (Wildman–Crippen MR) is 25.2 cm³/mol. The van der Waals surface area contributed by atoms with Crippen molar-refractivity contribution in [3.8, 4) is 0 Å². The van der Waals surface area contributed by atoms with Crippen LogP contribution in [0.3, 0.4) is 0 Å². The molecular formula is C3H5NO2S-2. The molecule has 0 heterocycles. The van der Waals surface area contributed by atoms with Crippen LogP contribution in [0, 0.1) is 0 Å². The second-order valence-corrected chi connectivity index (χ2v) is 1.43. The Hall–Kier alpha value is -0.220. The molecule has 7 heavy (non-hydrogen) atoms. The number of aliphatic carboxylic acids is 1. The molecule has 0 amide bonds. The zero-order chi connectivity index (χ0) is 5.86. The molecule has 0 rings (SSSR count). The number of carbonyl (C=O) groups is 1. The van der Waals surface area contributed by atoms with Gasteiger partial charge in [-0.05, 0) is 0 Å². The zero-order valence-electron chi connectivity index (χ0n) is 3.59. The molecule has 1 atom stereocenters. The molecule has 0 unspecified atom stereocenters. The molecule has 0 radical (unpaired) electrons. The number of carboxylic acids is 1. The standard InChI is InChI=1S/C3H7NO2S/c4-2(1-7)3(5)6/h2,7H,1,4H2,(H,5,6)/p-2/t2-/m1/s1. The van der Waals surface area contributed by atoms with Gasteiger partial charge in [0.2, 0.25) is 0 Å². The second kappa shape index (κ2) is 2.87. The fraction of sp³-hybridized carbons (Fsp3) is 0.667. The van der Waals surface area contributed by atoms with Gasteiger partial charge in [0.1, 0.15) is 0 Å². The van der Waals surface area contributed by atoms with Crippen molar-refractivity contribution in [2.45, 2.75) is 6.04 Å². The maximum Gasteiger partial charge on any atom is 0.0562 e. The first kappa shape index (κ1) is 6.78. The van der Waals surface area contributed by atoms with Crippen molar-refractivity contribution in [3.63, 3.8) is 0 Å². The topological polar surface area (TPSA) is 66.2 Å². The summed E-state index contributed by atoms with van der Waals surface area (Å²) in [5.41, 5.74) is 4.85. The van der Waals surface area contributed by atoms with Gasteiger partial charge in [-0.25, -0.2) is 0 Å². The average Bonchev–Trinajstić information content (AvgIpc) is 1.65. The lowest BCUT2D eigenvalue weighted by atomic mass is 10.4. The molecule has 0 aromatic rings. The summed E-state index contributed by atoms with van der Waals surface area (Å²) in [6.07, 6.45) is 0. The summed E-state index contributed by atoms with van der Waals surface area (Å²) >= 11 is 4.31. The van der Waals surface area contributed by atoms with E-state index in [1.807, 2.05) is 0 Å². The van der Waals surface area contributed by atoms with Gasteiger partial charge in [-0.15, -0.1) is 0 Å². The first-order valence-electron chi connectivity index (χ1n) is 1.73. The Bertz CT molecular complexity index is 75.3. The minimum atomic E-state index is -1.28. The Balaban J connectivity index is 3.34. The molecule has 0 saturated carbocycles. The van der Waals surface area contributed by atoms with Crippen molar-refractivity contribution in [1.82, 2.24) is 0 Å². The molecule has 0 fully saturated rings. The molecule has 4 heteroatoms. The van der Waals surface area contributed by atoms with Gasteiger partial charge in [0.25, 0.3) is 0 Å². The highest BCUT2D eigenvalue weighted by Crippen LogP contribution is 1.68. The number of rotatable bonds is 2. The van der Waals surface area contributed by atoms with E-state index in [-0.39, 0.29) is 5.75 Å². The van der Waals surface area contributed by atoms with Crippen molar-refractivity contribution in [2.24, 2.45) is 5.73 Å². The van der Waals surface area contributed by atoms with Gasteiger partial charge < -0.3 is 28.3 Å². The molecule has 0 saturated heterocycles. The predicted octanol–water partition coefficient (Wildman–Crippen LogP) is -2.39. The van der Waals surface area contributed by atoms with Crippen LogP contribution in [0.2, 0.25) is 0 Å². The Labute approximate surface area is 46.9 Å². The minimum Gasteiger partial charge on any atom is -0.791 e. The van der Waals surface area contributed by atoms with Gasteiger partial charge in [0.15, 0.2) is 0 Å². The molecule has 3 nitrogen and oxygen atoms in total. The van der Waals surface area contributed by atoms with Crippen LogP contribution < -0.4 is 10.8 Å². The lowest BCUT2D eigenvalue weighted by molar-refractivity contribution is -0.306. The van der Waals surface area contributed by atoms with E-state index in [1.54, 1.807) is 0 Å². The Morgan fingerprint density at radius 1 is 2.00 bits per heavy atom. The van der Waals surface area contributed by atoms with E-state index in [1.165, 1.54) is 0 Å².